The second kappa shape index (κ2) is 6.79. The van der Waals surface area contributed by atoms with Crippen LogP contribution in [-0.4, -0.2) is 31.3 Å². The smallest absolute Gasteiger partial charge is 0.224 e. The molecule has 0 aliphatic carbocycles. The van der Waals surface area contributed by atoms with Crippen LogP contribution in [0.15, 0.2) is 0 Å². The Morgan fingerprint density at radius 1 is 1.50 bits per heavy atom. The van der Waals surface area contributed by atoms with Gasteiger partial charge < -0.3 is 14.8 Å². The predicted molar refractivity (Wildman–Crippen MR) is 59.3 cm³/mol. The van der Waals surface area contributed by atoms with Crippen molar-refractivity contribution < 1.29 is 4.12 Å². The topological polar surface area (TPSA) is 47.3 Å². The van der Waals surface area contributed by atoms with Crippen molar-refractivity contribution >= 4 is 18.2 Å². The molecule has 0 aromatic carbocycles. The fourth-order valence-electron chi connectivity index (χ4n) is 1.09. The highest BCUT2D eigenvalue weighted by Gasteiger charge is 2.19. The van der Waals surface area contributed by atoms with Crippen LogP contribution in [0.5, 0.6) is 0 Å². The summed E-state index contributed by atoms with van der Waals surface area (Å²) in [6, 6.07) is 1.27. The third-order valence-electron chi connectivity index (χ3n) is 1.74. The number of nitrogens with two attached hydrogens (primary N) is 1. The van der Waals surface area contributed by atoms with E-state index in [-0.39, 0.29) is 0 Å². The molecule has 0 bridgehead atoms. The maximum absolute atomic E-state index is 5.88. The molecule has 0 fully saturated rings. The molecule has 0 rings (SSSR count). The van der Waals surface area contributed by atoms with Crippen LogP contribution in [0, 0.1) is 0 Å². The summed E-state index contributed by atoms with van der Waals surface area (Å²) in [7, 11) is -1.79. The van der Waals surface area contributed by atoms with E-state index < -0.39 is 18.2 Å². The van der Waals surface area contributed by atoms with E-state index in [1.54, 1.807) is 0 Å². The molecule has 0 saturated carbocycles. The van der Waals surface area contributed by atoms with Gasteiger partial charge >= 0.3 is 0 Å². The van der Waals surface area contributed by atoms with Crippen LogP contribution in [0.25, 0.3) is 0 Å². The number of nitrogens with one attached hydrogen (secondary N) is 1. The molecule has 0 spiro atoms. The van der Waals surface area contributed by atoms with Crippen LogP contribution in [0.4, 0.5) is 0 Å². The van der Waals surface area contributed by atoms with E-state index in [1.807, 2.05) is 0 Å². The van der Waals surface area contributed by atoms with Gasteiger partial charge in [0.05, 0.1) is 0 Å². The lowest BCUT2D eigenvalue weighted by atomic mass is 10.6. The molecule has 0 heterocycles. The van der Waals surface area contributed by atoms with E-state index in [1.165, 1.54) is 12.5 Å². The average molecular weight is 206 g/mol. The van der Waals surface area contributed by atoms with E-state index >= 15 is 0 Å². The first-order valence-corrected chi connectivity index (χ1v) is 9.07. The van der Waals surface area contributed by atoms with Gasteiger partial charge in [-0.3, -0.25) is 0 Å². The quantitative estimate of drug-likeness (QED) is 0.461. The first-order valence-electron chi connectivity index (χ1n) is 4.67. The third kappa shape index (κ3) is 6.99. The highest BCUT2D eigenvalue weighted by Crippen LogP contribution is 2.11. The molecule has 0 amide bonds. The monoisotopic (exact) mass is 206 g/mol. The molecule has 0 atom stereocenters. The van der Waals surface area contributed by atoms with Crippen molar-refractivity contribution in [3.05, 3.63) is 0 Å². The van der Waals surface area contributed by atoms with Crippen molar-refractivity contribution in [2.24, 2.45) is 5.73 Å². The minimum Gasteiger partial charge on any atom is -0.449 e. The average Bonchev–Trinajstić information content (AvgIpc) is 1.98. The number of rotatable bonds is 7. The largest absolute Gasteiger partial charge is 0.449 e. The van der Waals surface area contributed by atoms with Gasteiger partial charge in [-0.15, -0.1) is 0 Å². The molecule has 3 N–H and O–H groups in total. The summed E-state index contributed by atoms with van der Waals surface area (Å²) < 4.78 is 5.88. The Bertz CT molecular complexity index is 112. The zero-order chi connectivity index (χ0) is 9.45. The predicted octanol–water partition coefficient (Wildman–Crippen LogP) is 0.165. The molecule has 74 valence electrons. The molecule has 0 aromatic heterocycles. The van der Waals surface area contributed by atoms with Gasteiger partial charge in [0.1, 0.15) is 0 Å². The Morgan fingerprint density at radius 2 is 2.17 bits per heavy atom. The van der Waals surface area contributed by atoms with Crippen molar-refractivity contribution in [2.45, 2.75) is 32.5 Å². The number of hydrogen-bond acceptors (Lipinski definition) is 3. The second-order valence-electron chi connectivity index (χ2n) is 3.59. The molecule has 0 aliphatic heterocycles. The third-order valence-corrected chi connectivity index (χ3v) is 7.70. The van der Waals surface area contributed by atoms with E-state index in [2.05, 4.69) is 25.0 Å². The van der Waals surface area contributed by atoms with Gasteiger partial charge in [-0.1, -0.05) is 13.3 Å². The van der Waals surface area contributed by atoms with E-state index in [0.29, 0.717) is 6.54 Å². The first kappa shape index (κ1) is 12.3. The van der Waals surface area contributed by atoms with Gasteiger partial charge in [-0.25, -0.2) is 0 Å². The summed E-state index contributed by atoms with van der Waals surface area (Å²) in [5.41, 5.74) is 5.35. The lowest BCUT2D eigenvalue weighted by Crippen LogP contribution is -2.38. The molecule has 3 nitrogen and oxygen atoms in total. The zero-order valence-corrected chi connectivity index (χ0v) is 10.9. The Morgan fingerprint density at radius 3 is 2.67 bits per heavy atom. The van der Waals surface area contributed by atoms with Crippen molar-refractivity contribution in [2.75, 3.05) is 13.1 Å². The Labute approximate surface area is 79.2 Å². The standard InChI is InChI=1S/C7H22N2OSi2/c1-4-7-12(2,3)10-11-9-6-5-8/h9H,4-8,11H2,1-3H3. The molecule has 0 aromatic rings. The molecule has 0 saturated heterocycles. The summed E-state index contributed by atoms with van der Waals surface area (Å²) in [5, 5.41) is 0. The highest BCUT2D eigenvalue weighted by atomic mass is 28.4. The van der Waals surface area contributed by atoms with Crippen molar-refractivity contribution in [3.63, 3.8) is 0 Å². The summed E-state index contributed by atoms with van der Waals surface area (Å²) >= 11 is 0. The second-order valence-corrected chi connectivity index (χ2v) is 9.55. The van der Waals surface area contributed by atoms with Crippen LogP contribution in [-0.2, 0) is 4.12 Å². The minimum absolute atomic E-state index is 0.492. The Hall–Kier alpha value is 0.314. The zero-order valence-electron chi connectivity index (χ0n) is 8.52. The normalized spacial score (nSPS) is 13.0. The maximum atomic E-state index is 5.88. The first-order chi connectivity index (χ1) is 5.62. The minimum atomic E-state index is -1.29. The highest BCUT2D eigenvalue weighted by molar-refractivity contribution is 6.74. The van der Waals surface area contributed by atoms with Crippen molar-refractivity contribution in [1.29, 1.82) is 0 Å². The van der Waals surface area contributed by atoms with Crippen LogP contribution in [0.1, 0.15) is 13.3 Å². The summed E-state index contributed by atoms with van der Waals surface area (Å²) in [6.07, 6.45) is 1.24. The van der Waals surface area contributed by atoms with Gasteiger partial charge in [0.2, 0.25) is 9.92 Å². The molecule has 5 heteroatoms. The Kier molecular flexibility index (Phi) is 6.97. The summed E-state index contributed by atoms with van der Waals surface area (Å²) in [6.45, 7) is 8.41. The van der Waals surface area contributed by atoms with Crippen LogP contribution in [0.2, 0.25) is 19.1 Å². The van der Waals surface area contributed by atoms with Gasteiger partial charge in [0.25, 0.3) is 0 Å². The summed E-state index contributed by atoms with van der Waals surface area (Å²) in [4.78, 5) is 3.28. The molecular formula is C7H22N2OSi2. The van der Waals surface area contributed by atoms with Gasteiger partial charge in [-0.05, 0) is 19.1 Å². The molecule has 0 aliphatic rings. The van der Waals surface area contributed by atoms with E-state index in [9.17, 15) is 0 Å². The van der Waals surface area contributed by atoms with Crippen molar-refractivity contribution in [1.82, 2.24) is 4.98 Å². The van der Waals surface area contributed by atoms with E-state index in [4.69, 9.17) is 9.85 Å². The lowest BCUT2D eigenvalue weighted by Gasteiger charge is -2.22. The van der Waals surface area contributed by atoms with Crippen LogP contribution < -0.4 is 10.7 Å². The Balaban J connectivity index is 3.33. The molecule has 0 unspecified atom stereocenters. The fourth-order valence-corrected chi connectivity index (χ4v) is 5.20. The summed E-state index contributed by atoms with van der Waals surface area (Å²) in [5.74, 6) is 0. The molecule has 0 radical (unpaired) electrons. The molecular weight excluding hydrogens is 184 g/mol. The van der Waals surface area contributed by atoms with Gasteiger partial charge in [0, 0.05) is 13.1 Å². The molecule has 12 heavy (non-hydrogen) atoms. The number of hydrogen-bond donors (Lipinski definition) is 2. The van der Waals surface area contributed by atoms with Crippen molar-refractivity contribution in [3.8, 4) is 0 Å². The lowest BCUT2D eigenvalue weighted by molar-refractivity contribution is 0.564. The van der Waals surface area contributed by atoms with Crippen LogP contribution in [0.3, 0.4) is 0 Å². The van der Waals surface area contributed by atoms with Crippen LogP contribution >= 0.6 is 0 Å². The van der Waals surface area contributed by atoms with E-state index in [0.717, 1.165) is 6.54 Å². The maximum Gasteiger partial charge on any atom is 0.224 e. The SMILES string of the molecule is CCC[Si](C)(C)O[SiH2]NCCN. The fraction of sp³-hybridized carbons (Fsp3) is 1.00. The van der Waals surface area contributed by atoms with Gasteiger partial charge in [0.15, 0.2) is 8.32 Å². The van der Waals surface area contributed by atoms with Gasteiger partial charge in [-0.2, -0.15) is 0 Å².